The summed E-state index contributed by atoms with van der Waals surface area (Å²) in [5.41, 5.74) is -0.662. The second-order valence-corrected chi connectivity index (χ2v) is 7.72. The van der Waals surface area contributed by atoms with Crippen LogP contribution in [0.1, 0.15) is 18.4 Å². The minimum atomic E-state index is -4.56. The van der Waals surface area contributed by atoms with Gasteiger partial charge >= 0.3 is 12.1 Å². The predicted molar refractivity (Wildman–Crippen MR) is 110 cm³/mol. The zero-order valence-corrected chi connectivity index (χ0v) is 17.6. The van der Waals surface area contributed by atoms with Crippen molar-refractivity contribution >= 4 is 46.6 Å². The van der Waals surface area contributed by atoms with Gasteiger partial charge < -0.3 is 15.0 Å². The minimum Gasteiger partial charge on any atom is -0.455 e. The fraction of sp³-hybridized carbons (Fsp3) is 0.350. The number of nitrogens with one attached hydrogen (secondary N) is 1. The maximum atomic E-state index is 13.3. The molecule has 1 aromatic carbocycles. The van der Waals surface area contributed by atoms with Gasteiger partial charge in [0.15, 0.2) is 6.61 Å². The molecule has 0 radical (unpaired) electrons. The van der Waals surface area contributed by atoms with Crippen molar-refractivity contribution in [2.75, 3.05) is 29.9 Å². The van der Waals surface area contributed by atoms with Gasteiger partial charge in [0.2, 0.25) is 0 Å². The lowest BCUT2D eigenvalue weighted by Crippen LogP contribution is -2.41. The molecule has 166 valence electrons. The number of carbonyl (C=O) groups is 2. The van der Waals surface area contributed by atoms with Crippen LogP contribution in [-0.2, 0) is 20.5 Å². The van der Waals surface area contributed by atoms with E-state index in [1.54, 1.807) is 18.2 Å². The summed E-state index contributed by atoms with van der Waals surface area (Å²) in [7, 11) is 0. The molecule has 0 aliphatic carbocycles. The molecule has 3 rings (SSSR count). The van der Waals surface area contributed by atoms with Gasteiger partial charge in [-0.2, -0.15) is 13.2 Å². The van der Waals surface area contributed by atoms with E-state index in [0.717, 1.165) is 6.07 Å². The first-order valence-corrected chi connectivity index (χ1v) is 10.1. The number of para-hydroxylation sites is 1. The average molecular weight is 476 g/mol. The van der Waals surface area contributed by atoms with Crippen LogP contribution >= 0.6 is 23.2 Å². The molecule has 31 heavy (non-hydrogen) atoms. The zero-order valence-electron chi connectivity index (χ0n) is 16.1. The van der Waals surface area contributed by atoms with Crippen molar-refractivity contribution in [3.8, 4) is 0 Å². The van der Waals surface area contributed by atoms with Crippen LogP contribution in [0.15, 0.2) is 36.5 Å². The summed E-state index contributed by atoms with van der Waals surface area (Å²) in [6.07, 6.45) is -2.37. The largest absolute Gasteiger partial charge is 0.455 e. The lowest BCUT2D eigenvalue weighted by atomic mass is 9.98. The summed E-state index contributed by atoms with van der Waals surface area (Å²) in [6.45, 7) is -0.236. The number of amides is 1. The molecule has 1 amide bonds. The van der Waals surface area contributed by atoms with E-state index in [-0.39, 0.29) is 28.1 Å². The molecular weight excluding hydrogens is 458 g/mol. The number of halogens is 5. The van der Waals surface area contributed by atoms with Crippen LogP contribution in [0, 0.1) is 5.92 Å². The molecule has 2 heterocycles. The van der Waals surface area contributed by atoms with E-state index in [2.05, 4.69) is 10.3 Å². The number of carbonyl (C=O) groups excluding carboxylic acids is 2. The first-order chi connectivity index (χ1) is 14.7. The van der Waals surface area contributed by atoms with Crippen molar-refractivity contribution in [3.05, 3.63) is 52.1 Å². The molecule has 1 N–H and O–H groups in total. The van der Waals surface area contributed by atoms with E-state index >= 15 is 0 Å². The summed E-state index contributed by atoms with van der Waals surface area (Å²) in [6, 6.07) is 6.86. The zero-order chi connectivity index (χ0) is 22.6. The van der Waals surface area contributed by atoms with Crippen LogP contribution in [0.3, 0.4) is 0 Å². The average Bonchev–Trinajstić information content (AvgIpc) is 2.74. The summed E-state index contributed by atoms with van der Waals surface area (Å²) in [5, 5.41) is 2.93. The molecule has 1 unspecified atom stereocenters. The quantitative estimate of drug-likeness (QED) is 0.628. The SMILES string of the molecule is O=C(COC(=O)C1CCCN(c2ncccc2C(F)(F)F)C1)Nc1c(Cl)cccc1Cl. The molecule has 6 nitrogen and oxygen atoms in total. The van der Waals surface area contributed by atoms with E-state index < -0.39 is 36.1 Å². The number of anilines is 2. The molecule has 0 spiro atoms. The van der Waals surface area contributed by atoms with E-state index in [4.69, 9.17) is 27.9 Å². The first kappa shape index (κ1) is 23.1. The Balaban J connectivity index is 1.60. The number of esters is 1. The topological polar surface area (TPSA) is 71.5 Å². The van der Waals surface area contributed by atoms with Crippen LogP contribution in [0.2, 0.25) is 10.0 Å². The number of pyridine rings is 1. The molecular formula is C20H18Cl2F3N3O3. The summed E-state index contributed by atoms with van der Waals surface area (Å²) in [4.78, 5) is 29.8. The Morgan fingerprint density at radius 3 is 2.58 bits per heavy atom. The molecule has 2 aromatic rings. The number of hydrogen-bond donors (Lipinski definition) is 1. The Morgan fingerprint density at radius 1 is 1.19 bits per heavy atom. The smallest absolute Gasteiger partial charge is 0.419 e. The highest BCUT2D eigenvalue weighted by atomic mass is 35.5. The van der Waals surface area contributed by atoms with Gasteiger partial charge in [0.1, 0.15) is 5.82 Å². The third-order valence-corrected chi connectivity index (χ3v) is 5.35. The molecule has 1 atom stereocenters. The Bertz CT molecular complexity index is 952. The Labute approximate surface area is 186 Å². The molecule has 11 heteroatoms. The summed E-state index contributed by atoms with van der Waals surface area (Å²) < 4.78 is 44.9. The number of rotatable bonds is 5. The third-order valence-electron chi connectivity index (χ3n) is 4.72. The second kappa shape index (κ2) is 9.74. The normalized spacial score (nSPS) is 16.7. The number of piperidine rings is 1. The number of ether oxygens (including phenoxy) is 1. The monoisotopic (exact) mass is 475 g/mol. The predicted octanol–water partition coefficient (Wildman–Crippen LogP) is 4.81. The van der Waals surface area contributed by atoms with E-state index in [1.807, 2.05) is 0 Å². The second-order valence-electron chi connectivity index (χ2n) is 6.91. The van der Waals surface area contributed by atoms with Crippen molar-refractivity contribution in [1.29, 1.82) is 0 Å². The van der Waals surface area contributed by atoms with Crippen LogP contribution < -0.4 is 10.2 Å². The maximum Gasteiger partial charge on any atom is 0.419 e. The van der Waals surface area contributed by atoms with Crippen LogP contribution in [-0.4, -0.2) is 36.6 Å². The summed E-state index contributed by atoms with van der Waals surface area (Å²) in [5.74, 6) is -2.22. The molecule has 1 aromatic heterocycles. The van der Waals surface area contributed by atoms with Crippen LogP contribution in [0.5, 0.6) is 0 Å². The minimum absolute atomic E-state index is 0.0108. The molecule has 1 saturated heterocycles. The van der Waals surface area contributed by atoms with E-state index in [0.29, 0.717) is 19.4 Å². The van der Waals surface area contributed by atoms with Gasteiger partial charge in [-0.3, -0.25) is 9.59 Å². The molecule has 0 bridgehead atoms. The standard InChI is InChI=1S/C20H18Cl2F3N3O3/c21-14-6-1-7-15(22)17(14)27-16(29)11-31-19(30)12-4-3-9-28(10-12)18-13(20(23,24)25)5-2-8-26-18/h1-2,5-8,12H,3-4,9-11H2,(H,27,29). The Hall–Kier alpha value is -2.52. The van der Waals surface area contributed by atoms with Crippen molar-refractivity contribution in [2.24, 2.45) is 5.92 Å². The Morgan fingerprint density at radius 2 is 1.90 bits per heavy atom. The molecule has 1 fully saturated rings. The van der Waals surface area contributed by atoms with Crippen molar-refractivity contribution < 1.29 is 27.5 Å². The molecule has 0 saturated carbocycles. The van der Waals surface area contributed by atoms with Gasteiger partial charge in [0.05, 0.1) is 27.2 Å². The van der Waals surface area contributed by atoms with Crippen molar-refractivity contribution in [1.82, 2.24) is 4.98 Å². The highest BCUT2D eigenvalue weighted by Gasteiger charge is 2.37. The number of benzene rings is 1. The van der Waals surface area contributed by atoms with Crippen molar-refractivity contribution in [3.63, 3.8) is 0 Å². The van der Waals surface area contributed by atoms with Gasteiger partial charge in [0, 0.05) is 19.3 Å². The highest BCUT2D eigenvalue weighted by molar-refractivity contribution is 6.39. The van der Waals surface area contributed by atoms with E-state index in [9.17, 15) is 22.8 Å². The van der Waals surface area contributed by atoms with Gasteiger partial charge in [-0.05, 0) is 37.1 Å². The number of hydrogen-bond acceptors (Lipinski definition) is 5. The molecule has 1 aliphatic heterocycles. The maximum absolute atomic E-state index is 13.3. The van der Waals surface area contributed by atoms with E-state index in [1.165, 1.54) is 17.2 Å². The Kier molecular flexibility index (Phi) is 7.27. The molecule has 1 aliphatic rings. The number of nitrogens with zero attached hydrogens (tertiary/aromatic N) is 2. The van der Waals surface area contributed by atoms with Gasteiger partial charge in [-0.15, -0.1) is 0 Å². The van der Waals surface area contributed by atoms with Gasteiger partial charge in [0.25, 0.3) is 5.91 Å². The van der Waals surface area contributed by atoms with Gasteiger partial charge in [-0.25, -0.2) is 4.98 Å². The third kappa shape index (κ3) is 5.80. The number of aromatic nitrogens is 1. The first-order valence-electron chi connectivity index (χ1n) is 9.34. The lowest BCUT2D eigenvalue weighted by molar-refractivity contribution is -0.151. The fourth-order valence-corrected chi connectivity index (χ4v) is 3.77. The van der Waals surface area contributed by atoms with Crippen LogP contribution in [0.25, 0.3) is 0 Å². The van der Waals surface area contributed by atoms with Crippen molar-refractivity contribution in [2.45, 2.75) is 19.0 Å². The highest BCUT2D eigenvalue weighted by Crippen LogP contribution is 2.36. The summed E-state index contributed by atoms with van der Waals surface area (Å²) >= 11 is 12.0. The fourth-order valence-electron chi connectivity index (χ4n) is 3.28. The lowest BCUT2D eigenvalue weighted by Gasteiger charge is -2.33. The number of alkyl halides is 3. The van der Waals surface area contributed by atoms with Crippen LogP contribution in [0.4, 0.5) is 24.7 Å². The van der Waals surface area contributed by atoms with Gasteiger partial charge in [-0.1, -0.05) is 29.3 Å².